The monoisotopic (exact) mass is 328 g/mol. The molecule has 0 amide bonds. The summed E-state index contributed by atoms with van der Waals surface area (Å²) in [4.78, 5) is 4.47. The third-order valence-electron chi connectivity index (χ3n) is 2.46. The average Bonchev–Trinajstić information content (AvgIpc) is 2.68. The summed E-state index contributed by atoms with van der Waals surface area (Å²) in [5.41, 5.74) is 1.72. The SMILES string of the molecule is Clc1cc(Cl)cc(Nc2nc3ccc(Cl)cc3s2)c1. The number of thiazole rings is 1. The first-order chi connectivity index (χ1) is 9.10. The van der Waals surface area contributed by atoms with E-state index < -0.39 is 0 Å². The summed E-state index contributed by atoms with van der Waals surface area (Å²) >= 11 is 19.4. The first-order valence-corrected chi connectivity index (χ1v) is 7.34. The van der Waals surface area contributed by atoms with E-state index in [1.807, 2.05) is 18.2 Å². The fraction of sp³-hybridized carbons (Fsp3) is 0. The highest BCUT2D eigenvalue weighted by Gasteiger charge is 2.05. The van der Waals surface area contributed by atoms with Crippen LogP contribution in [0.4, 0.5) is 10.8 Å². The van der Waals surface area contributed by atoms with Gasteiger partial charge in [0.15, 0.2) is 5.13 Å². The molecule has 3 aromatic rings. The van der Waals surface area contributed by atoms with Gasteiger partial charge >= 0.3 is 0 Å². The molecule has 3 rings (SSSR count). The number of nitrogens with zero attached hydrogens (tertiary/aromatic N) is 1. The minimum Gasteiger partial charge on any atom is -0.331 e. The summed E-state index contributed by atoms with van der Waals surface area (Å²) in [5.74, 6) is 0. The maximum atomic E-state index is 5.96. The van der Waals surface area contributed by atoms with Gasteiger partial charge in [-0.05, 0) is 36.4 Å². The zero-order valence-corrected chi connectivity index (χ0v) is 12.5. The smallest absolute Gasteiger partial charge is 0.188 e. The quantitative estimate of drug-likeness (QED) is 0.623. The third kappa shape index (κ3) is 2.95. The van der Waals surface area contributed by atoms with E-state index in [4.69, 9.17) is 34.8 Å². The lowest BCUT2D eigenvalue weighted by molar-refractivity contribution is 1.44. The molecule has 2 aromatic carbocycles. The normalized spacial score (nSPS) is 10.9. The predicted molar refractivity (Wildman–Crippen MR) is 84.4 cm³/mol. The lowest BCUT2D eigenvalue weighted by atomic mass is 10.3. The Bertz CT molecular complexity index is 734. The van der Waals surface area contributed by atoms with Gasteiger partial charge in [-0.1, -0.05) is 46.1 Å². The van der Waals surface area contributed by atoms with Crippen molar-refractivity contribution in [3.63, 3.8) is 0 Å². The molecule has 0 saturated heterocycles. The zero-order chi connectivity index (χ0) is 13.4. The molecule has 0 unspecified atom stereocenters. The minimum absolute atomic E-state index is 0.583. The number of rotatable bonds is 2. The van der Waals surface area contributed by atoms with E-state index in [9.17, 15) is 0 Å². The number of fused-ring (bicyclic) bond motifs is 1. The second-order valence-corrected chi connectivity index (χ2v) is 6.25. The van der Waals surface area contributed by atoms with Crippen LogP contribution in [0.3, 0.4) is 0 Å². The molecule has 1 aromatic heterocycles. The molecule has 19 heavy (non-hydrogen) atoms. The highest BCUT2D eigenvalue weighted by molar-refractivity contribution is 7.22. The number of nitrogens with one attached hydrogen (secondary N) is 1. The van der Waals surface area contributed by atoms with E-state index in [-0.39, 0.29) is 0 Å². The van der Waals surface area contributed by atoms with Crippen LogP contribution in [-0.2, 0) is 0 Å². The zero-order valence-electron chi connectivity index (χ0n) is 9.45. The molecular weight excluding hydrogens is 323 g/mol. The number of hydrogen-bond acceptors (Lipinski definition) is 3. The summed E-state index contributed by atoms with van der Waals surface area (Å²) in [6.07, 6.45) is 0. The van der Waals surface area contributed by atoms with Gasteiger partial charge in [0.25, 0.3) is 0 Å². The maximum absolute atomic E-state index is 5.96. The molecule has 1 heterocycles. The Balaban J connectivity index is 1.96. The Hall–Kier alpha value is -1.00. The lowest BCUT2D eigenvalue weighted by Gasteiger charge is -2.03. The summed E-state index contributed by atoms with van der Waals surface area (Å²) < 4.78 is 1.03. The van der Waals surface area contributed by atoms with Gasteiger partial charge in [-0.15, -0.1) is 0 Å². The van der Waals surface area contributed by atoms with Crippen LogP contribution in [0.2, 0.25) is 15.1 Å². The second kappa shape index (κ2) is 5.17. The fourth-order valence-corrected chi connectivity index (χ4v) is 3.39. The van der Waals surface area contributed by atoms with E-state index >= 15 is 0 Å². The van der Waals surface area contributed by atoms with Crippen molar-refractivity contribution in [1.82, 2.24) is 4.98 Å². The van der Waals surface area contributed by atoms with Gasteiger partial charge in [-0.3, -0.25) is 0 Å². The highest BCUT2D eigenvalue weighted by Crippen LogP contribution is 2.31. The molecule has 2 nitrogen and oxygen atoms in total. The molecule has 6 heteroatoms. The number of aromatic nitrogens is 1. The predicted octanol–water partition coefficient (Wildman–Crippen LogP) is 6.00. The van der Waals surface area contributed by atoms with Crippen LogP contribution >= 0.6 is 46.1 Å². The summed E-state index contributed by atoms with van der Waals surface area (Å²) in [6.45, 7) is 0. The maximum Gasteiger partial charge on any atom is 0.188 e. The Kier molecular flexibility index (Phi) is 3.54. The van der Waals surface area contributed by atoms with Crippen LogP contribution < -0.4 is 5.32 Å². The van der Waals surface area contributed by atoms with E-state index in [1.165, 1.54) is 11.3 Å². The molecule has 0 bridgehead atoms. The van der Waals surface area contributed by atoms with Crippen LogP contribution in [0.25, 0.3) is 10.2 Å². The van der Waals surface area contributed by atoms with Gasteiger partial charge in [0.05, 0.1) is 10.2 Å². The van der Waals surface area contributed by atoms with Crippen molar-refractivity contribution in [1.29, 1.82) is 0 Å². The van der Waals surface area contributed by atoms with Gasteiger partial charge in [-0.25, -0.2) is 4.98 Å². The fourth-order valence-electron chi connectivity index (χ4n) is 1.70. The van der Waals surface area contributed by atoms with Crippen LogP contribution in [-0.4, -0.2) is 4.98 Å². The Morgan fingerprint density at radius 3 is 2.37 bits per heavy atom. The summed E-state index contributed by atoms with van der Waals surface area (Å²) in [6, 6.07) is 10.9. The minimum atomic E-state index is 0.583. The van der Waals surface area contributed by atoms with Crippen molar-refractivity contribution >= 4 is 67.2 Å². The van der Waals surface area contributed by atoms with Crippen LogP contribution in [0.15, 0.2) is 36.4 Å². The third-order valence-corrected chi connectivity index (χ3v) is 4.07. The largest absolute Gasteiger partial charge is 0.331 e. The van der Waals surface area contributed by atoms with Gasteiger partial charge in [0.2, 0.25) is 0 Å². The Morgan fingerprint density at radius 2 is 1.63 bits per heavy atom. The van der Waals surface area contributed by atoms with Crippen molar-refractivity contribution in [2.24, 2.45) is 0 Å². The first kappa shape index (κ1) is 13.0. The second-order valence-electron chi connectivity index (χ2n) is 3.91. The van der Waals surface area contributed by atoms with Gasteiger partial charge in [-0.2, -0.15) is 0 Å². The van der Waals surface area contributed by atoms with Gasteiger partial charge < -0.3 is 5.32 Å². The molecule has 1 N–H and O–H groups in total. The summed E-state index contributed by atoms with van der Waals surface area (Å²) in [5, 5.41) is 5.83. The lowest BCUT2D eigenvalue weighted by Crippen LogP contribution is -1.88. The molecule has 0 aliphatic rings. The van der Waals surface area contributed by atoms with Gasteiger partial charge in [0.1, 0.15) is 0 Å². The van der Waals surface area contributed by atoms with Gasteiger partial charge in [0, 0.05) is 20.8 Å². The molecule has 0 radical (unpaired) electrons. The number of hydrogen-bond donors (Lipinski definition) is 1. The Labute approximate surface area is 128 Å². The van der Waals surface area contributed by atoms with Crippen molar-refractivity contribution in [2.75, 3.05) is 5.32 Å². The van der Waals surface area contributed by atoms with E-state index in [1.54, 1.807) is 18.2 Å². The van der Waals surface area contributed by atoms with Crippen molar-refractivity contribution in [3.05, 3.63) is 51.5 Å². The Morgan fingerprint density at radius 1 is 0.895 bits per heavy atom. The van der Waals surface area contributed by atoms with Crippen LogP contribution in [0.1, 0.15) is 0 Å². The van der Waals surface area contributed by atoms with Crippen LogP contribution in [0.5, 0.6) is 0 Å². The van der Waals surface area contributed by atoms with Crippen molar-refractivity contribution in [2.45, 2.75) is 0 Å². The molecule has 0 fully saturated rings. The summed E-state index contributed by atoms with van der Waals surface area (Å²) in [7, 11) is 0. The molecule has 0 saturated carbocycles. The van der Waals surface area contributed by atoms with E-state index in [0.29, 0.717) is 15.1 Å². The number of anilines is 2. The average molecular weight is 330 g/mol. The molecular formula is C13H7Cl3N2S. The van der Waals surface area contributed by atoms with E-state index in [2.05, 4.69) is 10.3 Å². The standard InChI is InChI=1S/C13H7Cl3N2S/c14-7-1-2-11-12(6-7)19-13(18-11)17-10-4-8(15)3-9(16)5-10/h1-6H,(H,17,18). The molecule has 0 atom stereocenters. The van der Waals surface area contributed by atoms with Crippen molar-refractivity contribution in [3.8, 4) is 0 Å². The first-order valence-electron chi connectivity index (χ1n) is 5.39. The number of halogens is 3. The van der Waals surface area contributed by atoms with E-state index in [0.717, 1.165) is 21.0 Å². The molecule has 0 aliphatic carbocycles. The molecule has 96 valence electrons. The number of benzene rings is 2. The molecule has 0 spiro atoms. The topological polar surface area (TPSA) is 24.9 Å². The van der Waals surface area contributed by atoms with Crippen LogP contribution in [0, 0.1) is 0 Å². The highest BCUT2D eigenvalue weighted by atomic mass is 35.5. The molecule has 0 aliphatic heterocycles. The van der Waals surface area contributed by atoms with Crippen molar-refractivity contribution < 1.29 is 0 Å².